The summed E-state index contributed by atoms with van der Waals surface area (Å²) in [6.45, 7) is 25.3. The van der Waals surface area contributed by atoms with Gasteiger partial charge in [0, 0.05) is 188 Å². The molecule has 0 saturated carbocycles. The minimum Gasteiger partial charge on any atom is -0.508 e. The van der Waals surface area contributed by atoms with Gasteiger partial charge in [0.25, 0.3) is 0 Å². The number of carbonyl (C=O) groups is 12. The van der Waals surface area contributed by atoms with E-state index in [9.17, 15) is 78.0 Å². The molecule has 756 valence electrons. The maximum atomic E-state index is 12.5. The van der Waals surface area contributed by atoms with Crippen molar-refractivity contribution in [1.29, 1.82) is 0 Å². The number of quaternary nitrogens is 1. The molecule has 4 heterocycles. The monoisotopic (exact) mass is 1950 g/mol. The number of thiol groups is 1. The van der Waals surface area contributed by atoms with E-state index in [0.717, 1.165) is 32.2 Å². The third kappa shape index (κ3) is 39.3. The Bertz CT molecular complexity index is 4730. The number of nitrogens with two attached hydrogens (primary N) is 2. The Kier molecular flexibility index (Phi) is 51.9. The van der Waals surface area contributed by atoms with Crippen molar-refractivity contribution in [2.45, 2.75) is 150 Å². The summed E-state index contributed by atoms with van der Waals surface area (Å²) in [7, 11) is 0. The van der Waals surface area contributed by atoms with Crippen LogP contribution in [0.3, 0.4) is 0 Å². The Morgan fingerprint density at radius 1 is 0.420 bits per heavy atom. The molecule has 39 nitrogen and oxygen atoms in total. The number of carbonyl (C=O) groups excluding carboxylic acids is 12. The molecule has 0 fully saturated rings. The number of amides is 6. The lowest BCUT2D eigenvalue weighted by molar-refractivity contribution is -0.404. The van der Waals surface area contributed by atoms with Crippen molar-refractivity contribution >= 4 is 83.5 Å². The van der Waals surface area contributed by atoms with Gasteiger partial charge in [0.2, 0.25) is 35.4 Å². The van der Waals surface area contributed by atoms with E-state index in [1.807, 2.05) is 29.2 Å². The topological polar surface area (TPSA) is 575 Å². The van der Waals surface area contributed by atoms with Crippen LogP contribution in [0.25, 0.3) is 0 Å². The minimum atomic E-state index is -1.17. The van der Waals surface area contributed by atoms with Gasteiger partial charge in [-0.15, -0.1) is 0 Å². The number of aromatic hydroxyl groups is 4. The number of rotatable bonds is 55. The van der Waals surface area contributed by atoms with Crippen LogP contribution in [0.15, 0.2) is 146 Å². The van der Waals surface area contributed by atoms with Crippen LogP contribution in [0.4, 0.5) is 0 Å². The number of Topliss-reactive ketones (excluding diaryl/α,β-unsaturated/α-hetero) is 3. The van der Waals surface area contributed by atoms with E-state index in [2.05, 4.69) is 79.1 Å². The Labute approximate surface area is 810 Å². The molecule has 4 aliphatic heterocycles. The molecule has 4 aliphatic rings. The highest BCUT2D eigenvalue weighted by molar-refractivity contribution is 7.77. The van der Waals surface area contributed by atoms with Crippen molar-refractivity contribution < 1.29 is 136 Å². The molecule has 0 unspecified atom stereocenters. The highest BCUT2D eigenvalue weighted by Crippen LogP contribution is 2.59. The number of benzene rings is 6. The van der Waals surface area contributed by atoms with E-state index in [1.165, 1.54) is 69.3 Å². The van der Waals surface area contributed by atoms with Crippen LogP contribution in [0.1, 0.15) is 187 Å². The van der Waals surface area contributed by atoms with E-state index in [1.54, 1.807) is 69.3 Å². The summed E-state index contributed by atoms with van der Waals surface area (Å²) in [5.41, 5.74) is 17.0. The number of esters is 2. The fourth-order valence-corrected chi connectivity index (χ4v) is 14.3. The van der Waals surface area contributed by atoms with E-state index >= 15 is 0 Å². The van der Waals surface area contributed by atoms with Crippen LogP contribution in [0, 0.1) is 17.8 Å². The van der Waals surface area contributed by atoms with Crippen LogP contribution < -0.4 is 74.1 Å². The number of phenolic OH excluding ortho intramolecular Hbond substituents is 4. The lowest BCUT2D eigenvalue weighted by Crippen LogP contribution is -2.64. The second-order valence-corrected chi connectivity index (χ2v) is 32.5. The predicted molar refractivity (Wildman–Crippen MR) is 513 cm³/mol. The second kappa shape index (κ2) is 62.0. The summed E-state index contributed by atoms with van der Waals surface area (Å²) >= 11 is 3.51. The van der Waals surface area contributed by atoms with Crippen molar-refractivity contribution in [2.24, 2.45) is 29.2 Å². The molecule has 6 amide bonds. The number of phenols is 4. The molecule has 0 aliphatic carbocycles. The molecule has 138 heavy (non-hydrogen) atoms. The predicted octanol–water partition coefficient (Wildman–Crippen LogP) is 7.01. The van der Waals surface area contributed by atoms with Gasteiger partial charge in [-0.2, -0.15) is 0 Å². The van der Waals surface area contributed by atoms with E-state index in [4.69, 9.17) is 58.8 Å². The van der Waals surface area contributed by atoms with Crippen molar-refractivity contribution in [3.8, 4) is 46.0 Å². The van der Waals surface area contributed by atoms with Gasteiger partial charge in [-0.1, -0.05) is 88.5 Å². The first-order valence-corrected chi connectivity index (χ1v) is 45.8. The largest absolute Gasteiger partial charge is 0.508 e. The fraction of sp³-hybridized carbons (Fsp3) is 0.469. The van der Waals surface area contributed by atoms with Crippen molar-refractivity contribution in [1.82, 2.24) is 47.4 Å². The first-order valence-electron chi connectivity index (χ1n) is 45.3. The van der Waals surface area contributed by atoms with Gasteiger partial charge < -0.3 is 132 Å². The Hall–Kier alpha value is -12.9. The summed E-state index contributed by atoms with van der Waals surface area (Å²) in [6, 6.07) is 33.1. The summed E-state index contributed by atoms with van der Waals surface area (Å²) in [5.74, 6) is -1.41. The lowest BCUT2D eigenvalue weighted by atomic mass is 9.77. The zero-order valence-corrected chi connectivity index (χ0v) is 79.5. The summed E-state index contributed by atoms with van der Waals surface area (Å²) < 4.78 is 56.0. The van der Waals surface area contributed by atoms with Gasteiger partial charge in [-0.05, 0) is 125 Å². The summed E-state index contributed by atoms with van der Waals surface area (Å²) in [6.07, 6.45) is 6.95. The molecule has 6 aromatic carbocycles. The zero-order valence-electron chi connectivity index (χ0n) is 78.6. The normalized spacial score (nSPS) is 13.2. The van der Waals surface area contributed by atoms with Crippen LogP contribution in [0.2, 0.25) is 0 Å². The fourth-order valence-electron chi connectivity index (χ4n) is 14.2. The Balaban J connectivity index is 0.000000315. The second-order valence-electron chi connectivity index (χ2n) is 32.3. The Morgan fingerprint density at radius 3 is 1.08 bits per heavy atom. The third-order valence-corrected chi connectivity index (χ3v) is 21.5. The highest BCUT2D eigenvalue weighted by Gasteiger charge is 2.55. The lowest BCUT2D eigenvalue weighted by Gasteiger charge is -2.36. The minimum absolute atomic E-state index is 0. The third-order valence-electron chi connectivity index (χ3n) is 21.4. The molecule has 20 N–H and O–H groups in total. The average molecular weight is 1950 g/mol. The quantitative estimate of drug-likeness (QED) is 0.00600. The number of hydrogen-bond acceptors (Lipinski definition) is 33. The van der Waals surface area contributed by atoms with Gasteiger partial charge in [0.15, 0.2) is 22.8 Å². The maximum Gasteiger partial charge on any atom is 0.344 e. The first-order chi connectivity index (χ1) is 65.6. The van der Waals surface area contributed by atoms with Gasteiger partial charge in [0.1, 0.15) is 64.4 Å². The van der Waals surface area contributed by atoms with Crippen LogP contribution >= 0.6 is 12.8 Å². The van der Waals surface area contributed by atoms with E-state index in [-0.39, 0.29) is 122 Å². The molecule has 6 aromatic rings. The molecule has 40 heteroatoms. The highest BCUT2D eigenvalue weighted by atomic mass is 32.1. The van der Waals surface area contributed by atoms with Crippen LogP contribution in [0.5, 0.6) is 46.0 Å². The first kappa shape index (κ1) is 116. The van der Waals surface area contributed by atoms with Gasteiger partial charge in [-0.25, -0.2) is 14.4 Å². The number of hydrogen-bond donors (Lipinski definition) is 17. The summed E-state index contributed by atoms with van der Waals surface area (Å²) in [5, 5.41) is 61.1. The molecule has 4 atom stereocenters. The molecular formula is C98H137N12O27S+. The molecular weight excluding hydrogens is 1810 g/mol. The van der Waals surface area contributed by atoms with Crippen molar-refractivity contribution in [2.75, 3.05) is 132 Å². The number of ketones is 3. The molecule has 0 bridgehead atoms. The number of ether oxygens (including phenoxy) is 10. The van der Waals surface area contributed by atoms with Gasteiger partial charge in [-0.3, -0.25) is 43.2 Å². The zero-order chi connectivity index (χ0) is 100. The van der Waals surface area contributed by atoms with E-state index < -0.39 is 46.9 Å². The van der Waals surface area contributed by atoms with Crippen molar-refractivity contribution in [3.05, 3.63) is 191 Å². The van der Waals surface area contributed by atoms with E-state index in [0.29, 0.717) is 230 Å². The standard InChI is InChI=1S/C29H53N5O8.C20H38N4O8S.2C20H12O5.C8H17N3O.CH4/c1-22(29(39)34-21-27(37)20-26(23(2)35)8-5-11-31-24(3)30)9-10-28(38)33-13-7-15-41-17-19-42-18-16-40-14-6-12-32-25(4)36;1-16(20(28)23-15-19(27)32-24-33)5-6-18(26)22-8-4-10-30-12-14-31-13-11-29-9-3-7-21-17(2)25;2*21-11-5-7-15-17(9-11)24-18-10-12(22)6-8-16(18)20(15)14-4-2-1-3-13(14)19(23)25-20;1-6(12)8(10)4-3-5-11-7(2)9;/h22,26,31H,3,5-21,30H2,1-2,4H3,(H,32,36)(H,33,38)(H,34,39);16,24,33H,3-15H2,1-2H3,(H,21,25)(H,22,26)(H,23,28);2*1-10,21-22H;8,11H,2-5,9-10H2,1H3;1H4/p+1/t22-,26+;16-;;;8-;/m00..0./s1. The maximum absolute atomic E-state index is 12.5. The van der Waals surface area contributed by atoms with Gasteiger partial charge >= 0.3 is 17.9 Å². The molecule has 10 rings (SSSR count). The number of nitrogens with one attached hydrogen (secondary N) is 9. The Morgan fingerprint density at radius 2 is 0.746 bits per heavy atom. The average Bonchev–Trinajstić information content (AvgIpc) is 1.52. The van der Waals surface area contributed by atoms with Crippen LogP contribution in [-0.2, 0) is 102 Å². The summed E-state index contributed by atoms with van der Waals surface area (Å²) in [4.78, 5) is 147. The molecule has 0 saturated heterocycles. The number of fused-ring (bicyclic) bond motifs is 12. The molecule has 0 radical (unpaired) electrons. The van der Waals surface area contributed by atoms with Crippen LogP contribution in [-0.4, -0.2) is 229 Å². The smallest absolute Gasteiger partial charge is 0.344 e. The molecule has 0 aromatic heterocycles. The van der Waals surface area contributed by atoms with Crippen molar-refractivity contribution in [3.63, 3.8) is 0 Å². The SMILES string of the molecule is C.C=C(N)NCCC[C@H](CC(=O)CNC(=O)[C@@H](C)CCC(=O)NCCCOCCOCCOCCCNC(C)=O)C(C)=O.C=C(N)NCCC[C@H]([NH3+])C(C)=O.CC(=O)NCCCOCCOCCOCCCNC(=O)CC[C@H](C)C(=O)NCC(=O)ONS.O=C1OC2(c3ccc(O)cc3Oc3cc(O)ccc32)c2ccccc21.O=C1OC2(c3ccc(O)cc3Oc3cc(O)ccc32)c2ccccc21. The van der Waals surface area contributed by atoms with Gasteiger partial charge in [0.05, 0.1) is 82.2 Å². The molecule has 2 spiro atoms.